The summed E-state index contributed by atoms with van der Waals surface area (Å²) >= 11 is 0. The molecule has 1 aromatic rings. The van der Waals surface area contributed by atoms with Gasteiger partial charge in [-0.3, -0.25) is 9.69 Å². The number of piperidine rings is 1. The number of fused-ring (bicyclic) bond motifs is 2. The minimum absolute atomic E-state index is 0.00534. The molecule has 11 nitrogen and oxygen atoms in total. The van der Waals surface area contributed by atoms with Crippen LogP contribution in [0.25, 0.3) is 0 Å². The summed E-state index contributed by atoms with van der Waals surface area (Å²) in [6.07, 6.45) is 0.142. The largest absolute Gasteiger partial charge is 0.497 e. The molecule has 6 aliphatic rings. The molecule has 46 heavy (non-hydrogen) atoms. The smallest absolute Gasteiger partial charge is 0.338 e. The molecule has 254 valence electrons. The summed E-state index contributed by atoms with van der Waals surface area (Å²) in [4.78, 5) is 29.7. The van der Waals surface area contributed by atoms with E-state index in [0.717, 1.165) is 25.9 Å². The first-order valence-electron chi connectivity index (χ1n) is 16.6. The van der Waals surface area contributed by atoms with E-state index in [-0.39, 0.29) is 47.8 Å². The lowest BCUT2D eigenvalue weighted by atomic mass is 9.43. The van der Waals surface area contributed by atoms with Crippen LogP contribution in [0.5, 0.6) is 5.75 Å². The molecule has 13 atom stereocenters. The van der Waals surface area contributed by atoms with Crippen LogP contribution in [0, 0.1) is 34.5 Å². The van der Waals surface area contributed by atoms with Crippen molar-refractivity contribution in [3.05, 3.63) is 29.8 Å². The zero-order valence-corrected chi connectivity index (χ0v) is 28.0. The topological polar surface area (TPSA) is 122 Å². The molecule has 1 aromatic carbocycles. The molecule has 1 heterocycles. The Balaban J connectivity index is 1.46. The van der Waals surface area contributed by atoms with Crippen LogP contribution in [0.1, 0.15) is 49.9 Å². The number of likely N-dealkylation sites (tertiary alicyclic amines) is 1. The van der Waals surface area contributed by atoms with Gasteiger partial charge in [-0.15, -0.1) is 0 Å². The van der Waals surface area contributed by atoms with E-state index in [1.807, 2.05) is 0 Å². The Morgan fingerprint density at radius 2 is 1.70 bits per heavy atom. The number of benzene rings is 1. The summed E-state index contributed by atoms with van der Waals surface area (Å²) in [7, 11) is 8.44. The quantitative estimate of drug-likeness (QED) is 0.379. The van der Waals surface area contributed by atoms with Crippen molar-refractivity contribution in [2.75, 3.05) is 55.2 Å². The SMILES string of the molecule is CCN1C[C@]2(COC)CC[C@H](OC)[C@@]34[C@@H]5C[C@]6(O)[C@@H](OC)C[C@](OC(C)=O)(C([C@H](OC)[C@@H]23)[C@@H]14)[C@H]5[C@H]6OC(=O)c1ccc(OC)cc1. The molecule has 1 spiro atoms. The van der Waals surface area contributed by atoms with Gasteiger partial charge in [0.15, 0.2) is 0 Å². The Morgan fingerprint density at radius 3 is 2.28 bits per heavy atom. The first-order chi connectivity index (χ1) is 22.1. The second kappa shape index (κ2) is 11.1. The van der Waals surface area contributed by atoms with Crippen LogP contribution in [0.4, 0.5) is 0 Å². The number of methoxy groups -OCH3 is 5. The summed E-state index contributed by atoms with van der Waals surface area (Å²) in [6.45, 7) is 5.80. The number of ether oxygens (including phenoxy) is 7. The molecule has 7 bridgehead atoms. The molecule has 0 radical (unpaired) electrons. The lowest BCUT2D eigenvalue weighted by molar-refractivity contribution is -0.287. The molecular formula is C35H49NO10. The van der Waals surface area contributed by atoms with Gasteiger partial charge in [0.2, 0.25) is 0 Å². The van der Waals surface area contributed by atoms with Crippen molar-refractivity contribution in [3.8, 4) is 5.75 Å². The van der Waals surface area contributed by atoms with Crippen molar-refractivity contribution in [2.24, 2.45) is 34.5 Å². The third-order valence-electron chi connectivity index (χ3n) is 13.3. The number of hydrogen-bond acceptors (Lipinski definition) is 11. The minimum atomic E-state index is -1.51. The van der Waals surface area contributed by atoms with Crippen LogP contribution in [0.2, 0.25) is 0 Å². The molecule has 5 aliphatic carbocycles. The summed E-state index contributed by atoms with van der Waals surface area (Å²) < 4.78 is 43.6. The third-order valence-corrected chi connectivity index (χ3v) is 13.3. The molecule has 1 saturated heterocycles. The second-order valence-corrected chi connectivity index (χ2v) is 14.6. The summed E-state index contributed by atoms with van der Waals surface area (Å²) in [5.74, 6) is -1.38. The summed E-state index contributed by atoms with van der Waals surface area (Å²) in [5.41, 5.74) is -3.03. The van der Waals surface area contributed by atoms with E-state index in [1.54, 1.807) is 59.8 Å². The maximum atomic E-state index is 13.9. The average molecular weight is 644 g/mol. The van der Waals surface area contributed by atoms with Gasteiger partial charge in [-0.2, -0.15) is 0 Å². The fourth-order valence-corrected chi connectivity index (χ4v) is 12.4. The predicted octanol–water partition coefficient (Wildman–Crippen LogP) is 2.72. The molecule has 1 N–H and O–H groups in total. The van der Waals surface area contributed by atoms with E-state index < -0.39 is 46.7 Å². The minimum Gasteiger partial charge on any atom is -0.497 e. The van der Waals surface area contributed by atoms with Crippen LogP contribution in [-0.2, 0) is 33.2 Å². The number of hydrogen-bond donors (Lipinski definition) is 1. The molecule has 11 heteroatoms. The van der Waals surface area contributed by atoms with Gasteiger partial charge in [-0.05, 0) is 56.0 Å². The van der Waals surface area contributed by atoms with Gasteiger partial charge >= 0.3 is 11.9 Å². The number of carbonyl (C=O) groups is 2. The molecular weight excluding hydrogens is 594 g/mol. The van der Waals surface area contributed by atoms with Crippen molar-refractivity contribution < 1.29 is 47.9 Å². The van der Waals surface area contributed by atoms with E-state index in [4.69, 9.17) is 33.2 Å². The van der Waals surface area contributed by atoms with Crippen molar-refractivity contribution >= 4 is 11.9 Å². The average Bonchev–Trinajstić information content (AvgIpc) is 3.42. The zero-order valence-electron chi connectivity index (χ0n) is 28.0. The number of rotatable bonds is 10. The van der Waals surface area contributed by atoms with Gasteiger partial charge < -0.3 is 38.3 Å². The van der Waals surface area contributed by atoms with Crippen LogP contribution in [0.15, 0.2) is 24.3 Å². The fourth-order valence-electron chi connectivity index (χ4n) is 12.4. The number of nitrogens with zero attached hydrogens (tertiary/aromatic N) is 1. The maximum Gasteiger partial charge on any atom is 0.338 e. The van der Waals surface area contributed by atoms with Crippen molar-refractivity contribution in [1.29, 1.82) is 0 Å². The molecule has 0 aromatic heterocycles. The van der Waals surface area contributed by atoms with Gasteiger partial charge in [-0.1, -0.05) is 6.92 Å². The fraction of sp³-hybridized carbons (Fsp3) is 0.771. The Morgan fingerprint density at radius 1 is 0.978 bits per heavy atom. The highest BCUT2D eigenvalue weighted by atomic mass is 16.6. The van der Waals surface area contributed by atoms with Gasteiger partial charge in [0.1, 0.15) is 23.1 Å². The lowest BCUT2D eigenvalue weighted by Gasteiger charge is -2.69. The van der Waals surface area contributed by atoms with Crippen LogP contribution in [0.3, 0.4) is 0 Å². The number of esters is 2. The van der Waals surface area contributed by atoms with Crippen molar-refractivity contribution in [1.82, 2.24) is 4.90 Å². The summed E-state index contributed by atoms with van der Waals surface area (Å²) in [6, 6.07) is 6.66. The van der Waals surface area contributed by atoms with Crippen molar-refractivity contribution in [3.63, 3.8) is 0 Å². The van der Waals surface area contributed by atoms with E-state index in [2.05, 4.69) is 11.8 Å². The first-order valence-corrected chi connectivity index (χ1v) is 16.6. The van der Waals surface area contributed by atoms with Crippen molar-refractivity contribution in [2.45, 2.75) is 81.2 Å². The van der Waals surface area contributed by atoms with E-state index >= 15 is 0 Å². The van der Waals surface area contributed by atoms with Crippen LogP contribution in [-0.4, -0.2) is 119 Å². The Labute approximate surface area is 271 Å². The summed E-state index contributed by atoms with van der Waals surface area (Å²) in [5, 5.41) is 12.8. The van der Waals surface area contributed by atoms with E-state index in [0.29, 0.717) is 24.3 Å². The monoisotopic (exact) mass is 643 g/mol. The standard InChI is InChI=1S/C35H49NO10/c1-8-36-17-32(18-40-3)14-13-23(42-5)35-22-15-33(39)24(43-6)16-34(46-19(2)37,26(29(35)36)27(44-7)28(32)35)25(22)30(33)45-31(38)20-9-11-21(41-4)12-10-20/h9-12,22-30,39H,8,13-18H2,1-7H3/t22-,23+,24+,25-,26?,27+,28+,29-,30-,32+,33+,34-,35+/m1/s1. The Kier molecular flexibility index (Phi) is 7.81. The van der Waals surface area contributed by atoms with Gasteiger partial charge in [-0.25, -0.2) is 4.79 Å². The molecule has 1 unspecified atom stereocenters. The van der Waals surface area contributed by atoms with Gasteiger partial charge in [0.25, 0.3) is 0 Å². The molecule has 7 rings (SSSR count). The van der Waals surface area contributed by atoms with Gasteiger partial charge in [0, 0.05) is 83.0 Å². The maximum absolute atomic E-state index is 13.9. The third kappa shape index (κ3) is 3.87. The van der Waals surface area contributed by atoms with Crippen LogP contribution < -0.4 is 4.74 Å². The van der Waals surface area contributed by atoms with E-state index in [9.17, 15) is 14.7 Å². The highest BCUT2D eigenvalue weighted by molar-refractivity contribution is 5.89. The highest BCUT2D eigenvalue weighted by Crippen LogP contribution is 2.80. The number of aliphatic hydroxyl groups is 1. The first kappa shape index (κ1) is 32.3. The predicted molar refractivity (Wildman–Crippen MR) is 164 cm³/mol. The normalized spacial score (nSPS) is 46.6. The molecule has 0 amide bonds. The molecule has 6 fully saturated rings. The Hall–Kier alpha value is -2.28. The van der Waals surface area contributed by atoms with E-state index in [1.165, 1.54) is 6.92 Å². The molecule has 1 aliphatic heterocycles. The van der Waals surface area contributed by atoms with Gasteiger partial charge in [0.05, 0.1) is 37.6 Å². The van der Waals surface area contributed by atoms with Crippen LogP contribution >= 0.6 is 0 Å². The zero-order chi connectivity index (χ0) is 32.8. The lowest BCUT2D eigenvalue weighted by Crippen LogP contribution is -2.77. The second-order valence-electron chi connectivity index (χ2n) is 14.6. The number of carbonyl (C=O) groups excluding carboxylic acids is 2. The molecule has 5 saturated carbocycles. The Bertz CT molecular complexity index is 1360. The highest BCUT2D eigenvalue weighted by Gasteiger charge is 2.89.